The second-order valence-corrected chi connectivity index (χ2v) is 7.36. The number of amides is 1. The van der Waals surface area contributed by atoms with Gasteiger partial charge in [0.2, 0.25) is 5.91 Å². The number of nitrogens with zero attached hydrogens (tertiary/aromatic N) is 1. The summed E-state index contributed by atoms with van der Waals surface area (Å²) < 4.78 is 0. The van der Waals surface area contributed by atoms with E-state index >= 15 is 0 Å². The summed E-state index contributed by atoms with van der Waals surface area (Å²) in [6, 6.07) is 9.39. The molecule has 0 aliphatic carbocycles. The Labute approximate surface area is 177 Å². The molecule has 1 amide bonds. The molecule has 2 rings (SSSR count). The molecule has 0 radical (unpaired) electrons. The number of halogens is 2. The minimum Gasteiger partial charge on any atom is -0.352 e. The van der Waals surface area contributed by atoms with Crippen LogP contribution in [0.5, 0.6) is 0 Å². The van der Waals surface area contributed by atoms with E-state index in [1.165, 1.54) is 36.9 Å². The van der Waals surface area contributed by atoms with Crippen molar-refractivity contribution in [3.8, 4) is 0 Å². The summed E-state index contributed by atoms with van der Waals surface area (Å²) in [7, 11) is 0. The third kappa shape index (κ3) is 10.3. The quantitative estimate of drug-likeness (QED) is 0.553. The summed E-state index contributed by atoms with van der Waals surface area (Å²) in [6.07, 6.45) is 8.86. The zero-order valence-electron chi connectivity index (χ0n) is 16.6. The second-order valence-electron chi connectivity index (χ2n) is 7.36. The molecule has 1 fully saturated rings. The standard InChI is InChI=1S/C21H35N3O.2ClH/c1-18-8-5-7-15-24(18)17-20-12-10-19(11-13-20)16-23-21(25)9-4-2-3-6-14-22;;/h10-13,18H,2-9,14-17,22H2,1H3,(H,23,25);2*1H. The van der Waals surface area contributed by atoms with E-state index in [2.05, 4.69) is 41.4 Å². The van der Waals surface area contributed by atoms with Crippen LogP contribution in [-0.4, -0.2) is 29.9 Å². The van der Waals surface area contributed by atoms with Crippen molar-refractivity contribution < 1.29 is 4.79 Å². The fourth-order valence-corrected chi connectivity index (χ4v) is 3.46. The summed E-state index contributed by atoms with van der Waals surface area (Å²) >= 11 is 0. The molecule has 1 unspecified atom stereocenters. The van der Waals surface area contributed by atoms with Crippen molar-refractivity contribution in [1.82, 2.24) is 10.2 Å². The van der Waals surface area contributed by atoms with E-state index in [-0.39, 0.29) is 30.7 Å². The molecule has 1 heterocycles. The Morgan fingerprint density at radius 1 is 1.07 bits per heavy atom. The average molecular weight is 418 g/mol. The van der Waals surface area contributed by atoms with Crippen LogP contribution in [0.3, 0.4) is 0 Å². The highest BCUT2D eigenvalue weighted by molar-refractivity contribution is 5.85. The maximum atomic E-state index is 11.9. The van der Waals surface area contributed by atoms with E-state index in [9.17, 15) is 4.79 Å². The lowest BCUT2D eigenvalue weighted by Gasteiger charge is -2.33. The van der Waals surface area contributed by atoms with Crippen molar-refractivity contribution in [2.45, 2.75) is 77.4 Å². The van der Waals surface area contributed by atoms with Crippen LogP contribution in [0.25, 0.3) is 0 Å². The maximum Gasteiger partial charge on any atom is 0.220 e. The maximum absolute atomic E-state index is 11.9. The van der Waals surface area contributed by atoms with Gasteiger partial charge in [0.25, 0.3) is 0 Å². The van der Waals surface area contributed by atoms with Crippen LogP contribution in [-0.2, 0) is 17.9 Å². The summed E-state index contributed by atoms with van der Waals surface area (Å²) in [5.74, 6) is 0.152. The Balaban J connectivity index is 0.00000338. The number of nitrogens with one attached hydrogen (secondary N) is 1. The fraction of sp³-hybridized carbons (Fsp3) is 0.667. The van der Waals surface area contributed by atoms with Gasteiger partial charge >= 0.3 is 0 Å². The number of piperidine rings is 1. The lowest BCUT2D eigenvalue weighted by Crippen LogP contribution is -2.36. The third-order valence-corrected chi connectivity index (χ3v) is 5.20. The smallest absolute Gasteiger partial charge is 0.220 e. The molecule has 1 aromatic carbocycles. The molecular weight excluding hydrogens is 381 g/mol. The number of carbonyl (C=O) groups is 1. The predicted octanol–water partition coefficient (Wildman–Crippen LogP) is 4.43. The Hall–Kier alpha value is -0.810. The first-order valence-corrected chi connectivity index (χ1v) is 9.97. The summed E-state index contributed by atoms with van der Waals surface area (Å²) in [5.41, 5.74) is 8.01. The largest absolute Gasteiger partial charge is 0.352 e. The average Bonchev–Trinajstić information content (AvgIpc) is 2.63. The van der Waals surface area contributed by atoms with E-state index in [0.717, 1.165) is 38.8 Å². The number of nitrogens with two attached hydrogens (primary N) is 1. The predicted molar refractivity (Wildman–Crippen MR) is 119 cm³/mol. The first kappa shape index (κ1) is 26.2. The highest BCUT2D eigenvalue weighted by Gasteiger charge is 2.17. The molecule has 4 nitrogen and oxygen atoms in total. The molecule has 1 aromatic rings. The van der Waals surface area contributed by atoms with Crippen molar-refractivity contribution in [3.05, 3.63) is 35.4 Å². The molecule has 1 aliphatic heterocycles. The van der Waals surface area contributed by atoms with Gasteiger partial charge in [-0.05, 0) is 56.8 Å². The van der Waals surface area contributed by atoms with E-state index in [4.69, 9.17) is 5.73 Å². The Kier molecular flexibility index (Phi) is 14.7. The number of rotatable bonds is 10. The molecule has 3 N–H and O–H groups in total. The van der Waals surface area contributed by atoms with Gasteiger partial charge in [0.05, 0.1) is 0 Å². The lowest BCUT2D eigenvalue weighted by atomic mass is 10.0. The zero-order chi connectivity index (χ0) is 17.9. The minimum absolute atomic E-state index is 0. The van der Waals surface area contributed by atoms with Crippen molar-refractivity contribution in [2.75, 3.05) is 13.1 Å². The van der Waals surface area contributed by atoms with Crippen LogP contribution in [0.2, 0.25) is 0 Å². The third-order valence-electron chi connectivity index (χ3n) is 5.20. The number of carbonyl (C=O) groups excluding carboxylic acids is 1. The summed E-state index contributed by atoms with van der Waals surface area (Å²) in [6.45, 7) is 5.96. The van der Waals surface area contributed by atoms with Gasteiger partial charge in [0.15, 0.2) is 0 Å². The normalized spacial score (nSPS) is 16.9. The van der Waals surface area contributed by atoms with Gasteiger partial charge < -0.3 is 11.1 Å². The molecule has 0 spiro atoms. The molecule has 1 saturated heterocycles. The van der Waals surface area contributed by atoms with Gasteiger partial charge in [-0.15, -0.1) is 24.8 Å². The van der Waals surface area contributed by atoms with Crippen LogP contribution >= 0.6 is 24.8 Å². The van der Waals surface area contributed by atoms with Gasteiger partial charge in [-0.2, -0.15) is 0 Å². The number of unbranched alkanes of at least 4 members (excludes halogenated alkanes) is 3. The van der Waals surface area contributed by atoms with Crippen LogP contribution < -0.4 is 11.1 Å². The van der Waals surface area contributed by atoms with Crippen molar-refractivity contribution in [1.29, 1.82) is 0 Å². The molecule has 1 aliphatic rings. The van der Waals surface area contributed by atoms with Crippen LogP contribution in [0.4, 0.5) is 0 Å². The monoisotopic (exact) mass is 417 g/mol. The topological polar surface area (TPSA) is 58.4 Å². The highest BCUT2D eigenvalue weighted by Crippen LogP contribution is 2.19. The minimum atomic E-state index is 0. The molecule has 27 heavy (non-hydrogen) atoms. The SMILES string of the molecule is CC1CCCCN1Cc1ccc(CNC(=O)CCCCCCN)cc1.Cl.Cl. The molecule has 156 valence electrons. The molecule has 6 heteroatoms. The van der Waals surface area contributed by atoms with Gasteiger partial charge in [-0.1, -0.05) is 43.5 Å². The molecular formula is C21H37Cl2N3O. The van der Waals surface area contributed by atoms with Crippen LogP contribution in [0, 0.1) is 0 Å². The Morgan fingerprint density at radius 2 is 1.74 bits per heavy atom. The first-order chi connectivity index (χ1) is 12.2. The summed E-state index contributed by atoms with van der Waals surface area (Å²) in [5, 5.41) is 3.02. The number of likely N-dealkylation sites (tertiary alicyclic amines) is 1. The molecule has 0 aromatic heterocycles. The van der Waals surface area contributed by atoms with Gasteiger partial charge in [-0.3, -0.25) is 9.69 Å². The number of hydrogen-bond donors (Lipinski definition) is 2. The Bertz CT molecular complexity index is 511. The first-order valence-electron chi connectivity index (χ1n) is 9.97. The highest BCUT2D eigenvalue weighted by atomic mass is 35.5. The van der Waals surface area contributed by atoms with Crippen molar-refractivity contribution >= 4 is 30.7 Å². The zero-order valence-corrected chi connectivity index (χ0v) is 18.3. The van der Waals surface area contributed by atoms with Crippen molar-refractivity contribution in [3.63, 3.8) is 0 Å². The molecule has 1 atom stereocenters. The number of hydrogen-bond acceptors (Lipinski definition) is 3. The lowest BCUT2D eigenvalue weighted by molar-refractivity contribution is -0.121. The van der Waals surface area contributed by atoms with Crippen molar-refractivity contribution in [2.24, 2.45) is 5.73 Å². The number of benzene rings is 1. The Morgan fingerprint density at radius 3 is 2.41 bits per heavy atom. The fourth-order valence-electron chi connectivity index (χ4n) is 3.46. The van der Waals surface area contributed by atoms with E-state index in [0.29, 0.717) is 19.0 Å². The molecule has 0 bridgehead atoms. The van der Waals surface area contributed by atoms with Crippen LogP contribution in [0.15, 0.2) is 24.3 Å². The summed E-state index contributed by atoms with van der Waals surface area (Å²) in [4.78, 5) is 14.4. The van der Waals surface area contributed by atoms with Gasteiger partial charge in [0.1, 0.15) is 0 Å². The van der Waals surface area contributed by atoms with E-state index in [1.54, 1.807) is 0 Å². The van der Waals surface area contributed by atoms with Crippen LogP contribution in [0.1, 0.15) is 69.4 Å². The second kappa shape index (κ2) is 15.2. The molecule has 0 saturated carbocycles. The van der Waals surface area contributed by atoms with Gasteiger partial charge in [0, 0.05) is 25.6 Å². The van der Waals surface area contributed by atoms with E-state index in [1.807, 2.05) is 0 Å². The van der Waals surface area contributed by atoms with Gasteiger partial charge in [-0.25, -0.2) is 0 Å². The van der Waals surface area contributed by atoms with E-state index < -0.39 is 0 Å².